The average molecular weight is 569 g/mol. The van der Waals surface area contributed by atoms with E-state index in [0.29, 0.717) is 35.9 Å². The van der Waals surface area contributed by atoms with Crippen molar-refractivity contribution < 1.29 is 14.3 Å². The van der Waals surface area contributed by atoms with Crippen LogP contribution in [0.3, 0.4) is 0 Å². The summed E-state index contributed by atoms with van der Waals surface area (Å²) in [5.74, 6) is 1.61. The summed E-state index contributed by atoms with van der Waals surface area (Å²) < 4.78 is 15.1. The van der Waals surface area contributed by atoms with E-state index in [4.69, 9.17) is 13.4 Å². The molecular formula is C25H24IN5O3. The van der Waals surface area contributed by atoms with E-state index in [1.165, 1.54) is 6.08 Å². The molecule has 1 fully saturated rings. The minimum atomic E-state index is -1.47. The first kappa shape index (κ1) is 23.7. The van der Waals surface area contributed by atoms with Crippen LogP contribution in [0.15, 0.2) is 72.2 Å². The number of likely N-dealkylation sites (tertiary alicyclic amines) is 1. The lowest BCUT2D eigenvalue weighted by atomic mass is 10.1. The molecule has 0 saturated carbocycles. The number of nitrogens with zero attached hydrogens (tertiary/aromatic N) is 4. The van der Waals surface area contributed by atoms with Crippen molar-refractivity contribution in [3.8, 4) is 22.8 Å². The van der Waals surface area contributed by atoms with Crippen LogP contribution in [0.25, 0.3) is 11.3 Å². The minimum absolute atomic E-state index is 0.132. The largest absolute Gasteiger partial charge is 0.457 e. The Morgan fingerprint density at radius 1 is 1.15 bits per heavy atom. The Balaban J connectivity index is 1.71. The van der Waals surface area contributed by atoms with Crippen molar-refractivity contribution in [1.82, 2.24) is 14.7 Å². The summed E-state index contributed by atoms with van der Waals surface area (Å²) in [7, 11) is 0. The number of amides is 1. The van der Waals surface area contributed by atoms with E-state index >= 15 is 0 Å². The normalized spacial score (nSPS) is 15.5. The highest BCUT2D eigenvalue weighted by Crippen LogP contribution is 2.38. The molecule has 2 heterocycles. The van der Waals surface area contributed by atoms with Gasteiger partial charge >= 0.3 is 0 Å². The molecule has 1 N–H and O–H groups in total. The number of nitrogens with one attached hydrogen (secondary N) is 1. The maximum Gasteiger partial charge on any atom is 0.246 e. The van der Waals surface area contributed by atoms with Crippen LogP contribution in [0.5, 0.6) is 11.5 Å². The molecule has 0 radical (unpaired) electrons. The van der Waals surface area contributed by atoms with E-state index in [1.54, 1.807) is 9.58 Å². The Hall–Kier alpha value is -3.47. The summed E-state index contributed by atoms with van der Waals surface area (Å²) in [5.41, 5.74) is 1.51. The summed E-state index contributed by atoms with van der Waals surface area (Å²) >= 11 is -1.47. The molecule has 9 heteroatoms. The monoisotopic (exact) mass is 569 g/mol. The van der Waals surface area contributed by atoms with Crippen LogP contribution in [0.1, 0.15) is 29.2 Å². The van der Waals surface area contributed by atoms with Gasteiger partial charge in [-0.15, -0.1) is 0 Å². The zero-order chi connectivity index (χ0) is 24.1. The zero-order valence-corrected chi connectivity index (χ0v) is 20.6. The zero-order valence-electron chi connectivity index (χ0n) is 18.5. The van der Waals surface area contributed by atoms with Crippen LogP contribution in [0.4, 0.5) is 5.82 Å². The number of piperidine rings is 1. The standard InChI is InChI=1S/C25H24IN5O3/c1-3-21(32)30-15-7-8-18(16-30)31-25(28-2)22(24(33)26-27)23(29-31)17-11-13-20(14-12-17)34-19-9-5-4-6-10-19/h3-6,9-14,18,27H,1-2,7-8,15-16H2/t18-/m1/s1. The molecule has 1 saturated heterocycles. The number of carbonyl (C=O) groups is 2. The van der Waals surface area contributed by atoms with Gasteiger partial charge in [-0.2, -0.15) is 5.10 Å². The topological polar surface area (TPSA) is 101 Å². The van der Waals surface area contributed by atoms with Gasteiger partial charge in [0.2, 0.25) is 9.70 Å². The summed E-state index contributed by atoms with van der Waals surface area (Å²) in [6, 6.07) is 16.6. The fraction of sp³-hybridized carbons (Fsp3) is 0.200. The highest BCUT2D eigenvalue weighted by molar-refractivity contribution is 14.2. The van der Waals surface area contributed by atoms with Gasteiger partial charge in [-0.3, -0.25) is 13.2 Å². The number of aliphatic imine (C=N–C) groups is 1. The molecule has 0 aliphatic carbocycles. The Labute approximate surface area is 207 Å². The van der Waals surface area contributed by atoms with Gasteiger partial charge < -0.3 is 9.64 Å². The number of carbonyl (C=O) groups excluding carboxylic acids is 2. The molecule has 1 amide bonds. The molecule has 3 aromatic rings. The number of aromatic nitrogens is 2. The second-order valence-corrected chi connectivity index (χ2v) is 9.26. The molecule has 34 heavy (non-hydrogen) atoms. The molecule has 8 nitrogen and oxygen atoms in total. The molecule has 0 bridgehead atoms. The Bertz CT molecular complexity index is 1240. The summed E-state index contributed by atoms with van der Waals surface area (Å²) in [5, 5.41) is 4.77. The SMILES string of the molecule is C=CC(=O)N1CCC[C@@H](n2nc(-c3ccc(Oc4ccccc4)cc3)c(C(=O)I=N)c2N=C)C1. The van der Waals surface area contributed by atoms with E-state index in [-0.39, 0.29) is 15.7 Å². The number of rotatable bonds is 8. The fourth-order valence-electron chi connectivity index (χ4n) is 4.05. The number of para-hydroxylation sites is 1. The van der Waals surface area contributed by atoms with Crippen molar-refractivity contribution in [3.05, 3.63) is 72.8 Å². The fourth-order valence-corrected chi connectivity index (χ4v) is 4.82. The molecular weight excluding hydrogens is 545 g/mol. The second-order valence-electron chi connectivity index (χ2n) is 7.74. The van der Waals surface area contributed by atoms with Crippen LogP contribution in [0.2, 0.25) is 0 Å². The van der Waals surface area contributed by atoms with Crippen LogP contribution in [-0.4, -0.2) is 44.2 Å². The third kappa shape index (κ3) is 4.89. The molecule has 1 aliphatic heterocycles. The Morgan fingerprint density at radius 3 is 2.50 bits per heavy atom. The number of benzene rings is 2. The number of halogens is 1. The van der Waals surface area contributed by atoms with Gasteiger partial charge in [-0.05, 0) is 62.0 Å². The molecule has 1 aliphatic rings. The Morgan fingerprint density at radius 2 is 1.85 bits per heavy atom. The molecule has 1 atom stereocenters. The highest BCUT2D eigenvalue weighted by Gasteiger charge is 2.30. The lowest BCUT2D eigenvalue weighted by Gasteiger charge is -2.32. The smallest absolute Gasteiger partial charge is 0.246 e. The van der Waals surface area contributed by atoms with Crippen LogP contribution in [0, 0.1) is 3.56 Å². The second kappa shape index (κ2) is 10.6. The summed E-state index contributed by atoms with van der Waals surface area (Å²) in [4.78, 5) is 30.9. The number of hydrogen-bond donors (Lipinski definition) is 1. The predicted molar refractivity (Wildman–Crippen MR) is 140 cm³/mol. The molecule has 1 aromatic heterocycles. The van der Waals surface area contributed by atoms with Crippen molar-refractivity contribution in [2.24, 2.45) is 4.99 Å². The van der Waals surface area contributed by atoms with E-state index in [0.717, 1.165) is 24.2 Å². The van der Waals surface area contributed by atoms with E-state index in [2.05, 4.69) is 18.3 Å². The van der Waals surface area contributed by atoms with E-state index < -0.39 is 21.0 Å². The molecule has 0 spiro atoms. The van der Waals surface area contributed by atoms with Gasteiger partial charge in [0, 0.05) is 18.7 Å². The quantitative estimate of drug-likeness (QED) is 0.158. The van der Waals surface area contributed by atoms with Crippen molar-refractivity contribution in [1.29, 1.82) is 3.56 Å². The summed E-state index contributed by atoms with van der Waals surface area (Å²) in [6.07, 6.45) is 2.90. The maximum absolute atomic E-state index is 12.8. The molecule has 4 rings (SSSR count). The van der Waals surface area contributed by atoms with Crippen LogP contribution >= 0.6 is 21.0 Å². The van der Waals surface area contributed by atoms with Gasteiger partial charge in [-0.1, -0.05) is 24.8 Å². The van der Waals surface area contributed by atoms with Gasteiger partial charge in [0.25, 0.3) is 0 Å². The maximum atomic E-state index is 12.8. The van der Waals surface area contributed by atoms with Gasteiger partial charge in [-0.25, -0.2) is 9.67 Å². The third-order valence-corrected chi connectivity index (χ3v) is 6.68. The first-order valence-corrected chi connectivity index (χ1v) is 12.9. The minimum Gasteiger partial charge on any atom is -0.457 e. The van der Waals surface area contributed by atoms with Crippen LogP contribution in [-0.2, 0) is 4.79 Å². The van der Waals surface area contributed by atoms with Gasteiger partial charge in [0.1, 0.15) is 22.8 Å². The third-order valence-electron chi connectivity index (χ3n) is 5.65. The Kier molecular flexibility index (Phi) is 7.41. The van der Waals surface area contributed by atoms with Crippen molar-refractivity contribution >= 4 is 43.3 Å². The molecule has 0 unspecified atom stereocenters. The van der Waals surface area contributed by atoms with E-state index in [1.807, 2.05) is 54.6 Å². The van der Waals surface area contributed by atoms with Crippen molar-refractivity contribution in [2.75, 3.05) is 13.1 Å². The highest BCUT2D eigenvalue weighted by atomic mass is 127. The van der Waals surface area contributed by atoms with Crippen molar-refractivity contribution in [3.63, 3.8) is 0 Å². The summed E-state index contributed by atoms with van der Waals surface area (Å²) in [6.45, 7) is 8.35. The number of hydrogen-bond acceptors (Lipinski definition) is 6. The number of ether oxygens (including phenoxy) is 1. The first-order chi connectivity index (χ1) is 16.5. The molecule has 2 aromatic carbocycles. The van der Waals surface area contributed by atoms with Gasteiger partial charge in [0.05, 0.1) is 27.1 Å². The van der Waals surface area contributed by atoms with Gasteiger partial charge in [0.15, 0.2) is 5.82 Å². The van der Waals surface area contributed by atoms with E-state index in [9.17, 15) is 9.59 Å². The average Bonchev–Trinajstić information content (AvgIpc) is 3.28. The first-order valence-electron chi connectivity index (χ1n) is 10.7. The molecule has 174 valence electrons. The predicted octanol–water partition coefficient (Wildman–Crippen LogP) is 5.90. The van der Waals surface area contributed by atoms with Crippen molar-refractivity contribution in [2.45, 2.75) is 18.9 Å². The lowest BCUT2D eigenvalue weighted by Crippen LogP contribution is -2.40. The van der Waals surface area contributed by atoms with Crippen LogP contribution < -0.4 is 4.74 Å². The lowest BCUT2D eigenvalue weighted by molar-refractivity contribution is -0.127.